The second-order valence-corrected chi connectivity index (χ2v) is 8.28. The van der Waals surface area contributed by atoms with E-state index in [1.165, 1.54) is 18.3 Å². The zero-order chi connectivity index (χ0) is 24.3. The van der Waals surface area contributed by atoms with Crippen LogP contribution in [0.4, 0.5) is 5.69 Å². The van der Waals surface area contributed by atoms with Crippen molar-refractivity contribution in [3.63, 3.8) is 0 Å². The van der Waals surface area contributed by atoms with Gasteiger partial charge in [0.25, 0.3) is 11.8 Å². The third kappa shape index (κ3) is 7.35. The molecule has 2 aromatic rings. The van der Waals surface area contributed by atoms with Crippen molar-refractivity contribution in [1.29, 1.82) is 0 Å². The van der Waals surface area contributed by atoms with Crippen molar-refractivity contribution in [2.75, 3.05) is 38.0 Å². The molecular weight excluding hydrogens is 436 g/mol. The zero-order valence-corrected chi connectivity index (χ0v) is 19.0. The number of hydroxylamine groups is 1. The van der Waals surface area contributed by atoms with Crippen LogP contribution < -0.4 is 32.5 Å². The van der Waals surface area contributed by atoms with Gasteiger partial charge in [0, 0.05) is 17.8 Å². The van der Waals surface area contributed by atoms with Gasteiger partial charge in [-0.3, -0.25) is 19.6 Å². The summed E-state index contributed by atoms with van der Waals surface area (Å²) in [6.07, 6.45) is 2.36. The first kappa shape index (κ1) is 25.3. The molecule has 0 aliphatic carbocycles. The number of benzene rings is 2. The summed E-state index contributed by atoms with van der Waals surface area (Å²) in [6.45, 7) is 3.03. The van der Waals surface area contributed by atoms with Gasteiger partial charge in [-0.2, -0.15) is 0 Å². The van der Waals surface area contributed by atoms with Gasteiger partial charge in [-0.05, 0) is 73.8 Å². The topological polar surface area (TPSA) is 158 Å². The van der Waals surface area contributed by atoms with Gasteiger partial charge in [-0.25, -0.2) is 5.48 Å². The minimum absolute atomic E-state index is 0.0856. The van der Waals surface area contributed by atoms with E-state index in [4.69, 9.17) is 10.9 Å². The summed E-state index contributed by atoms with van der Waals surface area (Å²) in [5, 5.41) is 20.7. The van der Waals surface area contributed by atoms with Crippen LogP contribution in [0, 0.1) is 5.92 Å². The third-order valence-electron chi connectivity index (χ3n) is 5.73. The van der Waals surface area contributed by atoms with Crippen LogP contribution in [0.1, 0.15) is 23.2 Å². The van der Waals surface area contributed by atoms with E-state index >= 15 is 0 Å². The van der Waals surface area contributed by atoms with Crippen LogP contribution in [0.2, 0.25) is 0 Å². The summed E-state index contributed by atoms with van der Waals surface area (Å²) in [6, 6.07) is 13.3. The van der Waals surface area contributed by atoms with Gasteiger partial charge < -0.3 is 27.0 Å². The SMILES string of the molecule is NC[C@H](NC(=O)c1ccc(-c2ccc(NC(=O)CNCC3CCCNC3)cc2)cc1)C(=O)NO. The molecule has 1 saturated heterocycles. The third-order valence-corrected chi connectivity index (χ3v) is 5.73. The lowest BCUT2D eigenvalue weighted by Crippen LogP contribution is -2.50. The summed E-state index contributed by atoms with van der Waals surface area (Å²) in [5.74, 6) is -0.771. The lowest BCUT2D eigenvalue weighted by molar-refractivity contribution is -0.130. The molecule has 1 fully saturated rings. The molecule has 1 aliphatic heterocycles. The lowest BCUT2D eigenvalue weighted by atomic mass is 10.00. The Bertz CT molecular complexity index is 958. The van der Waals surface area contributed by atoms with E-state index in [9.17, 15) is 14.4 Å². The summed E-state index contributed by atoms with van der Waals surface area (Å²) in [4.78, 5) is 36.0. The molecule has 10 heteroatoms. The summed E-state index contributed by atoms with van der Waals surface area (Å²) < 4.78 is 0. The van der Waals surface area contributed by atoms with Crippen LogP contribution in [0.15, 0.2) is 48.5 Å². The monoisotopic (exact) mass is 468 g/mol. The highest BCUT2D eigenvalue weighted by molar-refractivity contribution is 5.98. The molecule has 2 atom stereocenters. The number of anilines is 1. The van der Waals surface area contributed by atoms with E-state index in [-0.39, 0.29) is 19.0 Å². The number of amides is 3. The van der Waals surface area contributed by atoms with Gasteiger partial charge in [0.15, 0.2) is 0 Å². The highest BCUT2D eigenvalue weighted by atomic mass is 16.5. The van der Waals surface area contributed by atoms with E-state index < -0.39 is 17.9 Å². The molecule has 0 radical (unpaired) electrons. The fourth-order valence-corrected chi connectivity index (χ4v) is 3.80. The summed E-state index contributed by atoms with van der Waals surface area (Å²) in [5.41, 5.74) is 9.81. The van der Waals surface area contributed by atoms with Crippen molar-refractivity contribution < 1.29 is 19.6 Å². The number of hydrogen-bond acceptors (Lipinski definition) is 7. The van der Waals surface area contributed by atoms with E-state index in [0.29, 0.717) is 17.2 Å². The second kappa shape index (κ2) is 12.8. The quantitative estimate of drug-likeness (QED) is 0.197. The average molecular weight is 469 g/mol. The van der Waals surface area contributed by atoms with E-state index in [1.807, 2.05) is 24.3 Å². The molecule has 2 aromatic carbocycles. The van der Waals surface area contributed by atoms with Crippen molar-refractivity contribution in [2.45, 2.75) is 18.9 Å². The summed E-state index contributed by atoms with van der Waals surface area (Å²) in [7, 11) is 0. The van der Waals surface area contributed by atoms with Gasteiger partial charge in [-0.15, -0.1) is 0 Å². The number of rotatable bonds is 10. The predicted octanol–water partition coefficient (Wildman–Crippen LogP) is 0.444. The summed E-state index contributed by atoms with van der Waals surface area (Å²) >= 11 is 0. The maximum Gasteiger partial charge on any atom is 0.267 e. The Hall–Kier alpha value is -3.31. The number of piperidine rings is 1. The van der Waals surface area contributed by atoms with Gasteiger partial charge in [0.2, 0.25) is 5.91 Å². The van der Waals surface area contributed by atoms with Crippen LogP contribution in [0.25, 0.3) is 11.1 Å². The second-order valence-electron chi connectivity index (χ2n) is 8.28. The normalized spacial score (nSPS) is 16.4. The highest BCUT2D eigenvalue weighted by Crippen LogP contribution is 2.22. The van der Waals surface area contributed by atoms with Gasteiger partial charge in [0.05, 0.1) is 6.54 Å². The van der Waals surface area contributed by atoms with Crippen LogP contribution in [-0.4, -0.2) is 61.7 Å². The maximum atomic E-state index is 12.3. The molecule has 3 amide bonds. The lowest BCUT2D eigenvalue weighted by Gasteiger charge is -2.22. The molecule has 0 spiro atoms. The van der Waals surface area contributed by atoms with Gasteiger partial charge >= 0.3 is 0 Å². The minimum Gasteiger partial charge on any atom is -0.339 e. The molecule has 8 N–H and O–H groups in total. The minimum atomic E-state index is -1.03. The Morgan fingerprint density at radius 3 is 2.32 bits per heavy atom. The molecule has 1 unspecified atom stereocenters. The number of nitrogens with one attached hydrogen (secondary N) is 5. The molecule has 0 saturated carbocycles. The maximum absolute atomic E-state index is 12.3. The van der Waals surface area contributed by atoms with Crippen LogP contribution in [0.3, 0.4) is 0 Å². The average Bonchev–Trinajstić information content (AvgIpc) is 2.88. The molecule has 1 aliphatic rings. The number of hydrogen-bond donors (Lipinski definition) is 7. The number of nitrogens with two attached hydrogens (primary N) is 1. The molecule has 10 nitrogen and oxygen atoms in total. The largest absolute Gasteiger partial charge is 0.339 e. The fraction of sp³-hybridized carbons (Fsp3) is 0.375. The Kier molecular flexibility index (Phi) is 9.53. The molecule has 182 valence electrons. The first-order valence-electron chi connectivity index (χ1n) is 11.4. The Morgan fingerprint density at radius 1 is 1.06 bits per heavy atom. The van der Waals surface area contributed by atoms with Gasteiger partial charge in [-0.1, -0.05) is 24.3 Å². The molecular formula is C24H32N6O4. The molecule has 0 bridgehead atoms. The van der Waals surface area contributed by atoms with Crippen LogP contribution >= 0.6 is 0 Å². The smallest absolute Gasteiger partial charge is 0.267 e. The Morgan fingerprint density at radius 2 is 1.74 bits per heavy atom. The highest BCUT2D eigenvalue weighted by Gasteiger charge is 2.19. The predicted molar refractivity (Wildman–Crippen MR) is 129 cm³/mol. The van der Waals surface area contributed by atoms with Gasteiger partial charge in [0.1, 0.15) is 6.04 Å². The van der Waals surface area contributed by atoms with E-state index in [2.05, 4.69) is 21.3 Å². The zero-order valence-electron chi connectivity index (χ0n) is 19.0. The standard InChI is InChI=1S/C24H32N6O4/c25-12-21(24(33)30-34)29-23(32)19-5-3-17(4-6-19)18-7-9-20(10-8-18)28-22(31)15-27-14-16-2-1-11-26-13-16/h3-10,16,21,26-27,34H,1-2,11-15,25H2,(H,28,31)(H,29,32)(H,30,33)/t16?,21-/m0/s1. The van der Waals surface area contributed by atoms with E-state index in [0.717, 1.165) is 30.8 Å². The van der Waals surface area contributed by atoms with E-state index in [1.54, 1.807) is 24.3 Å². The van der Waals surface area contributed by atoms with Crippen LogP contribution in [0.5, 0.6) is 0 Å². The van der Waals surface area contributed by atoms with Crippen molar-refractivity contribution >= 4 is 23.4 Å². The van der Waals surface area contributed by atoms with Crippen molar-refractivity contribution in [3.8, 4) is 11.1 Å². The number of carbonyl (C=O) groups excluding carboxylic acids is 3. The molecule has 1 heterocycles. The molecule has 34 heavy (non-hydrogen) atoms. The van der Waals surface area contributed by atoms with Crippen molar-refractivity contribution in [1.82, 2.24) is 21.4 Å². The van der Waals surface area contributed by atoms with Crippen LogP contribution in [-0.2, 0) is 9.59 Å². The molecule has 0 aromatic heterocycles. The Balaban J connectivity index is 1.49. The fourth-order valence-electron chi connectivity index (χ4n) is 3.80. The first-order valence-corrected chi connectivity index (χ1v) is 11.4. The first-order chi connectivity index (χ1) is 16.5. The van der Waals surface area contributed by atoms with Crippen molar-refractivity contribution in [2.24, 2.45) is 11.7 Å². The Labute approximate surface area is 198 Å². The number of carbonyl (C=O) groups is 3. The van der Waals surface area contributed by atoms with Crippen molar-refractivity contribution in [3.05, 3.63) is 54.1 Å². The molecule has 3 rings (SSSR count).